The van der Waals surface area contributed by atoms with Crippen molar-refractivity contribution in [1.29, 1.82) is 0 Å². The second-order valence-electron chi connectivity index (χ2n) is 7.42. The summed E-state index contributed by atoms with van der Waals surface area (Å²) in [6.07, 6.45) is 0. The highest BCUT2D eigenvalue weighted by Crippen LogP contribution is 2.29. The van der Waals surface area contributed by atoms with Crippen LogP contribution in [0.5, 0.6) is 5.75 Å². The van der Waals surface area contributed by atoms with E-state index in [0.29, 0.717) is 34.0 Å². The molecule has 0 radical (unpaired) electrons. The molecule has 1 amide bonds. The molecule has 0 saturated carbocycles. The first-order valence-electron chi connectivity index (χ1n) is 9.96. The second kappa shape index (κ2) is 7.61. The molecule has 1 N–H and O–H groups in total. The van der Waals surface area contributed by atoms with Crippen LogP contribution in [0, 0.1) is 6.92 Å². The third kappa shape index (κ3) is 3.62. The molecule has 0 bridgehead atoms. The van der Waals surface area contributed by atoms with Gasteiger partial charge in [0.05, 0.1) is 12.7 Å². The van der Waals surface area contributed by atoms with E-state index in [0.717, 1.165) is 21.9 Å². The van der Waals surface area contributed by atoms with Gasteiger partial charge in [-0.2, -0.15) is 0 Å². The largest absolute Gasteiger partial charge is 0.496 e. The Balaban J connectivity index is 1.46. The molecule has 5 heteroatoms. The maximum atomic E-state index is 13.0. The first-order chi connectivity index (χ1) is 15.1. The third-order valence-electron chi connectivity index (χ3n) is 5.22. The average molecular weight is 408 g/mol. The molecule has 0 aliphatic carbocycles. The SMILES string of the molecule is COc1cc2ccccc2cc1C(=O)Nc1ccc2oc(-c3cccc(C)c3)nc2c1. The number of ether oxygens (including phenoxy) is 1. The predicted octanol–water partition coefficient (Wildman–Crippen LogP) is 6.22. The zero-order chi connectivity index (χ0) is 21.4. The Kier molecular flexibility index (Phi) is 4.64. The van der Waals surface area contributed by atoms with E-state index >= 15 is 0 Å². The van der Waals surface area contributed by atoms with Crippen molar-refractivity contribution >= 4 is 33.5 Å². The number of amides is 1. The number of hydrogen-bond acceptors (Lipinski definition) is 4. The van der Waals surface area contributed by atoms with Gasteiger partial charge in [-0.1, -0.05) is 42.0 Å². The number of carbonyl (C=O) groups excluding carboxylic acids is 1. The zero-order valence-corrected chi connectivity index (χ0v) is 17.2. The van der Waals surface area contributed by atoms with Gasteiger partial charge in [-0.05, 0) is 60.2 Å². The Morgan fingerprint density at radius 3 is 2.52 bits per heavy atom. The van der Waals surface area contributed by atoms with Gasteiger partial charge in [0.15, 0.2) is 5.58 Å². The lowest BCUT2D eigenvalue weighted by Gasteiger charge is -2.11. The predicted molar refractivity (Wildman–Crippen MR) is 123 cm³/mol. The summed E-state index contributed by atoms with van der Waals surface area (Å²) in [6, 6.07) is 25.0. The molecular formula is C26H20N2O3. The van der Waals surface area contributed by atoms with Gasteiger partial charge in [0.2, 0.25) is 5.89 Å². The van der Waals surface area contributed by atoms with Gasteiger partial charge in [-0.15, -0.1) is 0 Å². The first kappa shape index (κ1) is 18.9. The number of aryl methyl sites for hydroxylation is 1. The van der Waals surface area contributed by atoms with Crippen molar-refractivity contribution in [2.45, 2.75) is 6.92 Å². The van der Waals surface area contributed by atoms with Crippen molar-refractivity contribution in [1.82, 2.24) is 4.98 Å². The maximum absolute atomic E-state index is 13.0. The van der Waals surface area contributed by atoms with Gasteiger partial charge in [0, 0.05) is 11.3 Å². The number of rotatable bonds is 4. The molecule has 4 aromatic carbocycles. The number of oxazole rings is 1. The van der Waals surface area contributed by atoms with E-state index in [9.17, 15) is 4.79 Å². The third-order valence-corrected chi connectivity index (χ3v) is 5.22. The minimum Gasteiger partial charge on any atom is -0.496 e. The summed E-state index contributed by atoms with van der Waals surface area (Å²) in [5, 5.41) is 4.94. The van der Waals surface area contributed by atoms with E-state index in [1.807, 2.05) is 79.7 Å². The molecule has 0 atom stereocenters. The van der Waals surface area contributed by atoms with Crippen LogP contribution in [0.25, 0.3) is 33.3 Å². The smallest absolute Gasteiger partial charge is 0.259 e. The number of fused-ring (bicyclic) bond motifs is 2. The number of nitrogens with zero attached hydrogens (tertiary/aromatic N) is 1. The minimum atomic E-state index is -0.246. The van der Waals surface area contributed by atoms with Crippen molar-refractivity contribution in [3.63, 3.8) is 0 Å². The highest BCUT2D eigenvalue weighted by molar-refractivity contribution is 6.09. The molecule has 5 nitrogen and oxygen atoms in total. The van der Waals surface area contributed by atoms with Gasteiger partial charge >= 0.3 is 0 Å². The summed E-state index contributed by atoms with van der Waals surface area (Å²) in [4.78, 5) is 17.6. The molecule has 1 heterocycles. The molecule has 0 aliphatic rings. The van der Waals surface area contributed by atoms with Gasteiger partial charge in [-0.25, -0.2) is 4.98 Å². The fraction of sp³-hybridized carbons (Fsp3) is 0.0769. The molecular weight excluding hydrogens is 388 g/mol. The Labute approximate surface area is 179 Å². The summed E-state index contributed by atoms with van der Waals surface area (Å²) in [6.45, 7) is 2.03. The highest BCUT2D eigenvalue weighted by Gasteiger charge is 2.15. The summed E-state index contributed by atoms with van der Waals surface area (Å²) in [7, 11) is 1.56. The maximum Gasteiger partial charge on any atom is 0.259 e. The molecule has 152 valence electrons. The molecule has 1 aromatic heterocycles. The Hall–Kier alpha value is -4.12. The molecule has 5 aromatic rings. The van der Waals surface area contributed by atoms with E-state index in [-0.39, 0.29) is 5.91 Å². The molecule has 0 spiro atoms. The van der Waals surface area contributed by atoms with Crippen LogP contribution in [0.2, 0.25) is 0 Å². The van der Waals surface area contributed by atoms with E-state index in [2.05, 4.69) is 10.3 Å². The summed E-state index contributed by atoms with van der Waals surface area (Å²) >= 11 is 0. The van der Waals surface area contributed by atoms with Gasteiger partial charge in [0.1, 0.15) is 11.3 Å². The van der Waals surface area contributed by atoms with Crippen LogP contribution in [0.15, 0.2) is 83.3 Å². The zero-order valence-electron chi connectivity index (χ0n) is 17.2. The molecule has 0 aliphatic heterocycles. The number of nitrogens with one attached hydrogen (secondary N) is 1. The van der Waals surface area contributed by atoms with Crippen molar-refractivity contribution < 1.29 is 13.9 Å². The van der Waals surface area contributed by atoms with Crippen LogP contribution in [0.4, 0.5) is 5.69 Å². The van der Waals surface area contributed by atoms with Crippen molar-refractivity contribution in [3.8, 4) is 17.2 Å². The summed E-state index contributed by atoms with van der Waals surface area (Å²) < 4.78 is 11.4. The van der Waals surface area contributed by atoms with Crippen LogP contribution >= 0.6 is 0 Å². The number of benzene rings is 4. The topological polar surface area (TPSA) is 64.4 Å². The van der Waals surface area contributed by atoms with Crippen LogP contribution in [0.1, 0.15) is 15.9 Å². The number of anilines is 1. The van der Waals surface area contributed by atoms with Crippen LogP contribution in [0.3, 0.4) is 0 Å². The van der Waals surface area contributed by atoms with Gasteiger partial charge in [0.25, 0.3) is 5.91 Å². The Morgan fingerprint density at radius 1 is 0.935 bits per heavy atom. The Morgan fingerprint density at radius 2 is 1.74 bits per heavy atom. The van der Waals surface area contributed by atoms with Gasteiger partial charge < -0.3 is 14.5 Å². The Bertz CT molecular complexity index is 1440. The number of methoxy groups -OCH3 is 1. The van der Waals surface area contributed by atoms with Crippen molar-refractivity contribution in [3.05, 3.63) is 90.0 Å². The molecule has 0 fully saturated rings. The summed E-state index contributed by atoms with van der Waals surface area (Å²) in [5.74, 6) is 0.836. The fourth-order valence-corrected chi connectivity index (χ4v) is 3.67. The first-order valence-corrected chi connectivity index (χ1v) is 9.96. The van der Waals surface area contributed by atoms with Crippen LogP contribution in [-0.2, 0) is 0 Å². The van der Waals surface area contributed by atoms with Crippen molar-refractivity contribution in [2.24, 2.45) is 0 Å². The minimum absolute atomic E-state index is 0.246. The molecule has 5 rings (SSSR count). The lowest BCUT2D eigenvalue weighted by molar-refractivity contribution is 0.102. The van der Waals surface area contributed by atoms with E-state index in [4.69, 9.17) is 9.15 Å². The quantitative estimate of drug-likeness (QED) is 0.384. The lowest BCUT2D eigenvalue weighted by atomic mass is 10.1. The van der Waals surface area contributed by atoms with E-state index < -0.39 is 0 Å². The normalized spacial score (nSPS) is 11.0. The average Bonchev–Trinajstić information content (AvgIpc) is 3.21. The monoisotopic (exact) mass is 408 g/mol. The second-order valence-corrected chi connectivity index (χ2v) is 7.42. The number of carbonyl (C=O) groups is 1. The van der Waals surface area contributed by atoms with Crippen molar-refractivity contribution in [2.75, 3.05) is 12.4 Å². The molecule has 31 heavy (non-hydrogen) atoms. The molecule has 0 saturated heterocycles. The van der Waals surface area contributed by atoms with Gasteiger partial charge in [-0.3, -0.25) is 4.79 Å². The standard InChI is InChI=1S/C26H20N2O3/c1-16-6-5-9-19(12-16)26-28-22-15-20(10-11-23(22)31-26)27-25(29)21-13-17-7-3-4-8-18(17)14-24(21)30-2/h3-15H,1-2H3,(H,27,29). The number of hydrogen-bond donors (Lipinski definition) is 1. The summed E-state index contributed by atoms with van der Waals surface area (Å²) in [5.41, 5.74) is 4.51. The number of aromatic nitrogens is 1. The fourth-order valence-electron chi connectivity index (χ4n) is 3.67. The van der Waals surface area contributed by atoms with E-state index in [1.165, 1.54) is 0 Å². The lowest BCUT2D eigenvalue weighted by Crippen LogP contribution is -2.13. The molecule has 0 unspecified atom stereocenters. The van der Waals surface area contributed by atoms with E-state index in [1.54, 1.807) is 13.2 Å². The van der Waals surface area contributed by atoms with Crippen LogP contribution < -0.4 is 10.1 Å². The van der Waals surface area contributed by atoms with Crippen LogP contribution in [-0.4, -0.2) is 18.0 Å². The highest BCUT2D eigenvalue weighted by atomic mass is 16.5.